The lowest BCUT2D eigenvalue weighted by Gasteiger charge is -2.56. The van der Waals surface area contributed by atoms with E-state index in [-0.39, 0.29) is 24.5 Å². The van der Waals surface area contributed by atoms with E-state index in [4.69, 9.17) is 14.2 Å². The average Bonchev–Trinajstić information content (AvgIpc) is 3.29. The predicted molar refractivity (Wildman–Crippen MR) is 129 cm³/mol. The largest absolute Gasteiger partial charge is 0.493 e. The van der Waals surface area contributed by atoms with Crippen molar-refractivity contribution in [2.75, 3.05) is 20.8 Å². The SMILES string of the molecule is COc1ccc(-c2nc(COC(=O)CNC(=O)CC34CC5CC(CC(C5)C3)C4)cs2)cc1OC. The number of aromatic nitrogens is 1. The first kappa shape index (κ1) is 23.1. The molecule has 4 fully saturated rings. The molecule has 1 aromatic heterocycles. The minimum atomic E-state index is -0.445. The molecule has 0 unspecified atom stereocenters. The molecule has 0 spiro atoms. The molecular formula is C26H32N2O5S. The third-order valence-corrected chi connectivity index (χ3v) is 8.63. The summed E-state index contributed by atoms with van der Waals surface area (Å²) in [6.45, 7) is -0.0225. The average molecular weight is 485 g/mol. The first-order chi connectivity index (χ1) is 16.4. The van der Waals surface area contributed by atoms with Crippen LogP contribution >= 0.6 is 11.3 Å². The van der Waals surface area contributed by atoms with E-state index in [1.165, 1.54) is 49.9 Å². The molecule has 1 amide bonds. The second-order valence-electron chi connectivity index (χ2n) is 10.2. The highest BCUT2D eigenvalue weighted by Crippen LogP contribution is 2.61. The zero-order valence-corrected chi connectivity index (χ0v) is 20.6. The summed E-state index contributed by atoms with van der Waals surface area (Å²) in [7, 11) is 3.19. The molecular weight excluding hydrogens is 452 g/mol. The Morgan fingerprint density at radius 2 is 1.74 bits per heavy atom. The Morgan fingerprint density at radius 3 is 2.38 bits per heavy atom. The van der Waals surface area contributed by atoms with Gasteiger partial charge in [0.1, 0.15) is 18.2 Å². The second kappa shape index (κ2) is 9.56. The van der Waals surface area contributed by atoms with Crippen LogP contribution in [0.4, 0.5) is 0 Å². The van der Waals surface area contributed by atoms with Crippen molar-refractivity contribution < 1.29 is 23.8 Å². The van der Waals surface area contributed by atoms with Crippen LogP contribution in [0.15, 0.2) is 23.6 Å². The maximum atomic E-state index is 12.6. The van der Waals surface area contributed by atoms with Gasteiger partial charge in [0, 0.05) is 17.4 Å². The standard InChI is InChI=1S/C26H32N2O5S/c1-31-21-4-3-19(8-22(21)32-2)25-28-20(15-34-25)14-33-24(30)13-27-23(29)12-26-9-16-5-17(10-26)7-18(6-16)11-26/h3-4,8,15-18H,5-7,9-14H2,1-2H3,(H,27,29). The van der Waals surface area contributed by atoms with Gasteiger partial charge in [-0.25, -0.2) is 4.98 Å². The Labute approximate surface area is 204 Å². The van der Waals surface area contributed by atoms with E-state index in [1.807, 2.05) is 23.6 Å². The fourth-order valence-corrected chi connectivity index (χ4v) is 7.56. The minimum absolute atomic E-state index is 0.0247. The lowest BCUT2D eigenvalue weighted by Crippen LogP contribution is -2.48. The van der Waals surface area contributed by atoms with Crippen LogP contribution in [-0.2, 0) is 20.9 Å². The Bertz CT molecular complexity index is 1030. The van der Waals surface area contributed by atoms with Crippen LogP contribution in [0.25, 0.3) is 10.6 Å². The van der Waals surface area contributed by atoms with Gasteiger partial charge in [-0.1, -0.05) is 0 Å². The Balaban J connectivity index is 1.08. The predicted octanol–water partition coefficient (Wildman–Crippen LogP) is 4.59. The van der Waals surface area contributed by atoms with Crippen molar-refractivity contribution in [2.45, 2.75) is 51.6 Å². The Morgan fingerprint density at radius 1 is 1.06 bits per heavy atom. The Hall–Kier alpha value is -2.61. The van der Waals surface area contributed by atoms with E-state index in [1.54, 1.807) is 14.2 Å². The molecule has 4 saturated carbocycles. The number of carbonyl (C=O) groups is 2. The number of esters is 1. The second-order valence-corrected chi connectivity index (χ2v) is 11.1. The molecule has 6 rings (SSSR count). The van der Waals surface area contributed by atoms with E-state index >= 15 is 0 Å². The van der Waals surface area contributed by atoms with Gasteiger partial charge in [0.15, 0.2) is 11.5 Å². The van der Waals surface area contributed by atoms with Crippen molar-refractivity contribution in [1.82, 2.24) is 10.3 Å². The molecule has 1 heterocycles. The number of benzene rings is 1. The molecule has 182 valence electrons. The van der Waals surface area contributed by atoms with Crippen molar-refractivity contribution in [3.63, 3.8) is 0 Å². The summed E-state index contributed by atoms with van der Waals surface area (Å²) in [5.74, 6) is 3.25. The highest BCUT2D eigenvalue weighted by Gasteiger charge is 2.51. The molecule has 8 heteroatoms. The van der Waals surface area contributed by atoms with Gasteiger partial charge < -0.3 is 19.5 Å². The number of hydrogen-bond acceptors (Lipinski definition) is 7. The smallest absolute Gasteiger partial charge is 0.325 e. The zero-order valence-electron chi connectivity index (χ0n) is 19.8. The van der Waals surface area contributed by atoms with Gasteiger partial charge >= 0.3 is 5.97 Å². The van der Waals surface area contributed by atoms with Gasteiger partial charge in [-0.3, -0.25) is 9.59 Å². The van der Waals surface area contributed by atoms with Crippen LogP contribution in [0.3, 0.4) is 0 Å². The first-order valence-corrected chi connectivity index (χ1v) is 12.9. The van der Waals surface area contributed by atoms with Crippen LogP contribution in [0.1, 0.15) is 50.6 Å². The maximum Gasteiger partial charge on any atom is 0.325 e. The number of methoxy groups -OCH3 is 2. The van der Waals surface area contributed by atoms with Gasteiger partial charge in [-0.15, -0.1) is 11.3 Å². The molecule has 0 saturated heterocycles. The van der Waals surface area contributed by atoms with E-state index in [0.717, 1.165) is 28.3 Å². The van der Waals surface area contributed by atoms with Crippen molar-refractivity contribution in [2.24, 2.45) is 23.2 Å². The molecule has 4 aliphatic carbocycles. The first-order valence-electron chi connectivity index (χ1n) is 12.0. The molecule has 0 atom stereocenters. The van der Waals surface area contributed by atoms with E-state index < -0.39 is 5.97 Å². The van der Waals surface area contributed by atoms with Crippen molar-refractivity contribution in [3.05, 3.63) is 29.3 Å². The van der Waals surface area contributed by atoms with Crippen LogP contribution in [-0.4, -0.2) is 37.6 Å². The molecule has 1 N–H and O–H groups in total. The van der Waals surface area contributed by atoms with Gasteiger partial charge in [0.05, 0.1) is 19.9 Å². The highest BCUT2D eigenvalue weighted by molar-refractivity contribution is 7.13. The van der Waals surface area contributed by atoms with Crippen LogP contribution < -0.4 is 14.8 Å². The van der Waals surface area contributed by atoms with Crippen molar-refractivity contribution in [3.8, 4) is 22.1 Å². The molecule has 2 aromatic rings. The van der Waals surface area contributed by atoms with Crippen molar-refractivity contribution >= 4 is 23.2 Å². The summed E-state index contributed by atoms with van der Waals surface area (Å²) in [5, 5.41) is 5.46. The molecule has 4 bridgehead atoms. The molecule has 4 aliphatic rings. The highest BCUT2D eigenvalue weighted by atomic mass is 32.1. The summed E-state index contributed by atoms with van der Waals surface area (Å²) in [4.78, 5) is 29.4. The monoisotopic (exact) mass is 484 g/mol. The quantitative estimate of drug-likeness (QED) is 0.524. The number of rotatable bonds is 9. The summed E-state index contributed by atoms with van der Waals surface area (Å²) < 4.78 is 16.0. The Kier molecular flexibility index (Phi) is 6.51. The number of hydrogen-bond donors (Lipinski definition) is 1. The van der Waals surface area contributed by atoms with Gasteiger partial charge in [0.25, 0.3) is 0 Å². The normalized spacial score (nSPS) is 26.8. The number of amides is 1. The lowest BCUT2D eigenvalue weighted by molar-refractivity contribution is -0.146. The number of nitrogens with one attached hydrogen (secondary N) is 1. The van der Waals surface area contributed by atoms with Crippen molar-refractivity contribution in [1.29, 1.82) is 0 Å². The van der Waals surface area contributed by atoms with Gasteiger partial charge in [-0.05, 0) is 79.9 Å². The molecule has 34 heavy (non-hydrogen) atoms. The number of nitrogens with zero attached hydrogens (tertiary/aromatic N) is 1. The molecule has 7 nitrogen and oxygen atoms in total. The maximum absolute atomic E-state index is 12.6. The number of thiazole rings is 1. The fraction of sp³-hybridized carbons (Fsp3) is 0.577. The molecule has 0 aliphatic heterocycles. The zero-order chi connectivity index (χ0) is 23.7. The summed E-state index contributed by atoms with van der Waals surface area (Å²) in [5.41, 5.74) is 1.74. The van der Waals surface area contributed by atoms with Crippen LogP contribution in [0, 0.1) is 23.2 Å². The number of ether oxygens (including phenoxy) is 3. The van der Waals surface area contributed by atoms with Gasteiger partial charge in [-0.2, -0.15) is 0 Å². The molecule has 1 aromatic carbocycles. The van der Waals surface area contributed by atoms with E-state index in [9.17, 15) is 9.59 Å². The summed E-state index contributed by atoms with van der Waals surface area (Å²) in [6, 6.07) is 5.61. The lowest BCUT2D eigenvalue weighted by atomic mass is 9.49. The van der Waals surface area contributed by atoms with E-state index in [0.29, 0.717) is 23.6 Å². The third kappa shape index (κ3) is 4.92. The van der Waals surface area contributed by atoms with E-state index in [2.05, 4.69) is 10.3 Å². The summed E-state index contributed by atoms with van der Waals surface area (Å²) >= 11 is 1.47. The number of carbonyl (C=O) groups excluding carboxylic acids is 2. The van der Waals surface area contributed by atoms with Crippen LogP contribution in [0.5, 0.6) is 11.5 Å². The summed E-state index contributed by atoms with van der Waals surface area (Å²) in [6.07, 6.45) is 8.17. The van der Waals surface area contributed by atoms with Gasteiger partial charge in [0.2, 0.25) is 5.91 Å². The topological polar surface area (TPSA) is 86.8 Å². The molecule has 0 radical (unpaired) electrons. The minimum Gasteiger partial charge on any atom is -0.493 e. The van der Waals surface area contributed by atoms with Crippen LogP contribution in [0.2, 0.25) is 0 Å². The third-order valence-electron chi connectivity index (χ3n) is 7.69. The fourth-order valence-electron chi connectivity index (χ4n) is 6.76.